The number of hydrogen-bond donors (Lipinski definition) is 4. The van der Waals surface area contributed by atoms with E-state index in [0.29, 0.717) is 28.6 Å². The molecule has 0 radical (unpaired) electrons. The van der Waals surface area contributed by atoms with Crippen LogP contribution in [0.4, 0.5) is 17.3 Å². The van der Waals surface area contributed by atoms with Crippen LogP contribution < -0.4 is 26.8 Å². The molecule has 8 nitrogen and oxygen atoms in total. The predicted octanol–water partition coefficient (Wildman–Crippen LogP) is 2.01. The minimum absolute atomic E-state index is 0.0976. The van der Waals surface area contributed by atoms with Crippen molar-refractivity contribution in [1.82, 2.24) is 9.97 Å². The van der Waals surface area contributed by atoms with E-state index in [9.17, 15) is 4.79 Å². The average molecular weight is 356 g/mol. The van der Waals surface area contributed by atoms with Crippen LogP contribution in [0.2, 0.25) is 0 Å². The van der Waals surface area contributed by atoms with Crippen molar-refractivity contribution in [3.63, 3.8) is 0 Å². The summed E-state index contributed by atoms with van der Waals surface area (Å²) in [6.45, 7) is 0. The Morgan fingerprint density at radius 2 is 2.08 bits per heavy atom. The first-order chi connectivity index (χ1) is 12.6. The fourth-order valence-electron chi connectivity index (χ4n) is 3.10. The minimum atomic E-state index is -0.559. The molecule has 0 bridgehead atoms. The lowest BCUT2D eigenvalue weighted by Crippen LogP contribution is -2.42. The molecule has 3 rings (SSSR count). The number of hydrogen-bond acceptors (Lipinski definition) is 7. The van der Waals surface area contributed by atoms with Crippen LogP contribution in [0.1, 0.15) is 36.0 Å². The van der Waals surface area contributed by atoms with Gasteiger partial charge in [-0.25, -0.2) is 4.98 Å². The van der Waals surface area contributed by atoms with Crippen molar-refractivity contribution in [3.8, 4) is 5.75 Å². The Morgan fingerprint density at radius 3 is 2.81 bits per heavy atom. The molecule has 8 heteroatoms. The third-order valence-electron chi connectivity index (χ3n) is 4.52. The zero-order valence-electron chi connectivity index (χ0n) is 14.7. The molecule has 2 aromatic heterocycles. The molecule has 0 spiro atoms. The van der Waals surface area contributed by atoms with E-state index in [2.05, 4.69) is 20.6 Å². The highest BCUT2D eigenvalue weighted by Gasteiger charge is 2.22. The minimum Gasteiger partial charge on any atom is -0.495 e. The van der Waals surface area contributed by atoms with Crippen LogP contribution in [0.5, 0.6) is 5.75 Å². The first-order valence-corrected chi connectivity index (χ1v) is 8.66. The van der Waals surface area contributed by atoms with Crippen molar-refractivity contribution >= 4 is 23.2 Å². The van der Waals surface area contributed by atoms with Gasteiger partial charge in [0.05, 0.1) is 30.8 Å². The molecular formula is C18H24N6O2. The number of aromatic nitrogens is 2. The molecule has 1 aliphatic rings. The van der Waals surface area contributed by atoms with Gasteiger partial charge in [-0.1, -0.05) is 12.8 Å². The summed E-state index contributed by atoms with van der Waals surface area (Å²) in [7, 11) is 1.56. The van der Waals surface area contributed by atoms with Crippen molar-refractivity contribution in [2.45, 2.75) is 37.8 Å². The number of ether oxygens (including phenoxy) is 1. The highest BCUT2D eigenvalue weighted by atomic mass is 16.5. The van der Waals surface area contributed by atoms with Crippen molar-refractivity contribution in [3.05, 3.63) is 36.2 Å². The van der Waals surface area contributed by atoms with E-state index in [1.807, 2.05) is 0 Å². The zero-order chi connectivity index (χ0) is 18.5. The van der Waals surface area contributed by atoms with Crippen molar-refractivity contribution in [2.24, 2.45) is 11.5 Å². The standard InChI is InChI=1S/C18H24N6O2/c1-26-12-8-11(9-21-10-12)22-18-13(17(20)25)6-7-16(24-18)23-15-5-3-2-4-14(15)19/h6-10,14-15H,2-5,19H2,1H3,(H2,20,25)(H2,22,23,24)/t14-,15?/m0/s1. The summed E-state index contributed by atoms with van der Waals surface area (Å²) in [4.78, 5) is 20.4. The second kappa shape index (κ2) is 8.01. The number of rotatable bonds is 6. The molecule has 2 aromatic rings. The zero-order valence-corrected chi connectivity index (χ0v) is 14.7. The van der Waals surface area contributed by atoms with Gasteiger partial charge in [0, 0.05) is 18.2 Å². The van der Waals surface area contributed by atoms with Gasteiger partial charge in [0.15, 0.2) is 0 Å². The second-order valence-electron chi connectivity index (χ2n) is 6.39. The second-order valence-corrected chi connectivity index (χ2v) is 6.39. The number of nitrogens with two attached hydrogens (primary N) is 2. The molecule has 0 aliphatic heterocycles. The predicted molar refractivity (Wildman–Crippen MR) is 101 cm³/mol. The summed E-state index contributed by atoms with van der Waals surface area (Å²) in [6, 6.07) is 5.43. The van der Waals surface area contributed by atoms with E-state index in [0.717, 1.165) is 25.7 Å². The lowest BCUT2D eigenvalue weighted by atomic mass is 9.91. The first kappa shape index (κ1) is 17.9. The Morgan fingerprint density at radius 1 is 1.27 bits per heavy atom. The summed E-state index contributed by atoms with van der Waals surface area (Å²) < 4.78 is 5.17. The Balaban J connectivity index is 1.85. The van der Waals surface area contributed by atoms with Gasteiger partial charge in [0.1, 0.15) is 17.4 Å². The highest BCUT2D eigenvalue weighted by Crippen LogP contribution is 2.25. The maximum Gasteiger partial charge on any atom is 0.252 e. The van der Waals surface area contributed by atoms with Crippen molar-refractivity contribution in [2.75, 3.05) is 17.7 Å². The quantitative estimate of drug-likeness (QED) is 0.623. The molecular weight excluding hydrogens is 332 g/mol. The molecule has 2 heterocycles. The highest BCUT2D eigenvalue weighted by molar-refractivity contribution is 5.98. The van der Waals surface area contributed by atoms with E-state index in [1.54, 1.807) is 37.7 Å². The van der Waals surface area contributed by atoms with E-state index in [1.165, 1.54) is 0 Å². The van der Waals surface area contributed by atoms with Crippen molar-refractivity contribution in [1.29, 1.82) is 0 Å². The van der Waals surface area contributed by atoms with Gasteiger partial charge in [-0.05, 0) is 25.0 Å². The summed E-state index contributed by atoms with van der Waals surface area (Å²) in [5.74, 6) is 1.05. The van der Waals surface area contributed by atoms with Crippen LogP contribution >= 0.6 is 0 Å². The van der Waals surface area contributed by atoms with Gasteiger partial charge in [-0.3, -0.25) is 9.78 Å². The smallest absolute Gasteiger partial charge is 0.252 e. The number of nitrogens with one attached hydrogen (secondary N) is 2. The Kier molecular flexibility index (Phi) is 5.52. The Labute approximate surface area is 152 Å². The van der Waals surface area contributed by atoms with Crippen LogP contribution in [-0.2, 0) is 0 Å². The fourth-order valence-corrected chi connectivity index (χ4v) is 3.10. The number of pyridine rings is 2. The summed E-state index contributed by atoms with van der Waals surface area (Å²) in [5, 5.41) is 6.47. The fraction of sp³-hybridized carbons (Fsp3) is 0.389. The van der Waals surface area contributed by atoms with Crippen LogP contribution in [0.25, 0.3) is 0 Å². The van der Waals surface area contributed by atoms with Gasteiger partial charge >= 0.3 is 0 Å². The molecule has 2 atom stereocenters. The molecule has 6 N–H and O–H groups in total. The van der Waals surface area contributed by atoms with Crippen LogP contribution in [-0.4, -0.2) is 35.1 Å². The number of anilines is 3. The number of carbonyl (C=O) groups excluding carboxylic acids is 1. The summed E-state index contributed by atoms with van der Waals surface area (Å²) >= 11 is 0. The molecule has 1 amide bonds. The maximum atomic E-state index is 11.7. The maximum absolute atomic E-state index is 11.7. The van der Waals surface area contributed by atoms with Gasteiger partial charge < -0.3 is 26.8 Å². The average Bonchev–Trinajstić information content (AvgIpc) is 2.64. The van der Waals surface area contributed by atoms with E-state index in [-0.39, 0.29) is 12.1 Å². The molecule has 1 saturated carbocycles. The van der Waals surface area contributed by atoms with Crippen LogP contribution in [0.3, 0.4) is 0 Å². The lowest BCUT2D eigenvalue weighted by molar-refractivity contribution is 0.100. The number of amides is 1. The Hall–Kier alpha value is -2.87. The lowest BCUT2D eigenvalue weighted by Gasteiger charge is -2.29. The number of primary amides is 1. The number of methoxy groups -OCH3 is 1. The molecule has 26 heavy (non-hydrogen) atoms. The monoisotopic (exact) mass is 356 g/mol. The number of carbonyl (C=O) groups is 1. The number of nitrogens with zero attached hydrogens (tertiary/aromatic N) is 2. The molecule has 0 saturated heterocycles. The normalized spacial score (nSPS) is 19.6. The topological polar surface area (TPSA) is 128 Å². The Bertz CT molecular complexity index is 782. The van der Waals surface area contributed by atoms with E-state index in [4.69, 9.17) is 16.2 Å². The summed E-state index contributed by atoms with van der Waals surface area (Å²) in [5.41, 5.74) is 12.6. The third kappa shape index (κ3) is 4.20. The van der Waals surface area contributed by atoms with E-state index >= 15 is 0 Å². The van der Waals surface area contributed by atoms with Crippen LogP contribution in [0.15, 0.2) is 30.6 Å². The largest absolute Gasteiger partial charge is 0.495 e. The third-order valence-corrected chi connectivity index (χ3v) is 4.52. The van der Waals surface area contributed by atoms with Crippen molar-refractivity contribution < 1.29 is 9.53 Å². The SMILES string of the molecule is COc1cncc(Nc2nc(NC3CCCC[C@@H]3N)ccc2C(N)=O)c1. The summed E-state index contributed by atoms with van der Waals surface area (Å²) in [6.07, 6.45) is 7.51. The molecule has 1 fully saturated rings. The van der Waals surface area contributed by atoms with Gasteiger partial charge in [0.25, 0.3) is 5.91 Å². The molecule has 1 unspecified atom stereocenters. The molecule has 1 aliphatic carbocycles. The van der Waals surface area contributed by atoms with E-state index < -0.39 is 5.91 Å². The molecule has 0 aromatic carbocycles. The van der Waals surface area contributed by atoms with Crippen LogP contribution in [0, 0.1) is 0 Å². The first-order valence-electron chi connectivity index (χ1n) is 8.66. The van der Waals surface area contributed by atoms with Gasteiger partial charge in [-0.15, -0.1) is 0 Å². The molecule has 138 valence electrons. The van der Waals surface area contributed by atoms with Gasteiger partial charge in [-0.2, -0.15) is 0 Å². The van der Waals surface area contributed by atoms with Gasteiger partial charge in [0.2, 0.25) is 0 Å².